The number of nitrogens with zero attached hydrogens (tertiary/aromatic N) is 3. The molecule has 4 heteroatoms. The first-order chi connectivity index (χ1) is 6.18. The highest BCUT2D eigenvalue weighted by Gasteiger charge is 2.02. The normalized spacial score (nSPS) is 10.5. The van der Waals surface area contributed by atoms with E-state index < -0.39 is 0 Å². The van der Waals surface area contributed by atoms with Gasteiger partial charge < -0.3 is 5.73 Å². The van der Waals surface area contributed by atoms with Crippen molar-refractivity contribution >= 4 is 16.7 Å². The molecule has 0 bridgehead atoms. The van der Waals surface area contributed by atoms with Crippen LogP contribution >= 0.6 is 0 Å². The van der Waals surface area contributed by atoms with Crippen molar-refractivity contribution in [2.24, 2.45) is 12.8 Å². The highest BCUT2D eigenvalue weighted by atomic mass is 15.4. The Balaban J connectivity index is 2.72. The Morgan fingerprint density at radius 1 is 1.54 bits per heavy atom. The van der Waals surface area contributed by atoms with Crippen LogP contribution in [-0.4, -0.2) is 15.0 Å². The van der Waals surface area contributed by atoms with Gasteiger partial charge in [-0.2, -0.15) is 0 Å². The molecule has 0 saturated heterocycles. The van der Waals surface area contributed by atoms with E-state index in [1.165, 1.54) is 0 Å². The van der Waals surface area contributed by atoms with Crippen LogP contribution in [0.5, 0.6) is 0 Å². The third-order valence-corrected chi connectivity index (χ3v) is 1.98. The molecule has 0 amide bonds. The van der Waals surface area contributed by atoms with E-state index in [1.54, 1.807) is 4.68 Å². The summed E-state index contributed by atoms with van der Waals surface area (Å²) in [6.45, 7) is 3.67. The van der Waals surface area contributed by atoms with E-state index in [2.05, 4.69) is 16.9 Å². The van der Waals surface area contributed by atoms with Crippen molar-refractivity contribution in [3.63, 3.8) is 0 Å². The molecule has 1 aromatic heterocycles. The molecule has 0 aliphatic carbocycles. The van der Waals surface area contributed by atoms with Crippen molar-refractivity contribution in [2.45, 2.75) is 0 Å². The third kappa shape index (κ3) is 1.16. The maximum Gasteiger partial charge on any atom is 0.113 e. The Kier molecular flexibility index (Phi) is 1.55. The first-order valence-electron chi connectivity index (χ1n) is 3.92. The Bertz CT molecular complexity index is 469. The van der Waals surface area contributed by atoms with Crippen molar-refractivity contribution in [1.29, 1.82) is 0 Å². The van der Waals surface area contributed by atoms with E-state index in [1.807, 2.05) is 25.2 Å². The Morgan fingerprint density at radius 2 is 2.31 bits per heavy atom. The van der Waals surface area contributed by atoms with Gasteiger partial charge in [-0.25, -0.2) is 4.68 Å². The second-order valence-corrected chi connectivity index (χ2v) is 2.94. The summed E-state index contributed by atoms with van der Waals surface area (Å²) >= 11 is 0. The van der Waals surface area contributed by atoms with Crippen LogP contribution in [-0.2, 0) is 7.05 Å². The van der Waals surface area contributed by atoms with E-state index in [0.29, 0.717) is 5.70 Å². The molecule has 0 atom stereocenters. The van der Waals surface area contributed by atoms with Crippen LogP contribution in [0.2, 0.25) is 0 Å². The van der Waals surface area contributed by atoms with Crippen LogP contribution in [0.25, 0.3) is 16.7 Å². The zero-order chi connectivity index (χ0) is 9.42. The smallest absolute Gasteiger partial charge is 0.113 e. The van der Waals surface area contributed by atoms with Crippen LogP contribution in [0.15, 0.2) is 24.8 Å². The Labute approximate surface area is 75.7 Å². The van der Waals surface area contributed by atoms with Crippen LogP contribution in [0.3, 0.4) is 0 Å². The molecule has 1 aromatic carbocycles. The van der Waals surface area contributed by atoms with E-state index in [9.17, 15) is 0 Å². The molecule has 4 nitrogen and oxygen atoms in total. The molecule has 0 spiro atoms. The minimum atomic E-state index is 0.558. The molecule has 13 heavy (non-hydrogen) atoms. The van der Waals surface area contributed by atoms with Crippen molar-refractivity contribution in [3.8, 4) is 0 Å². The van der Waals surface area contributed by atoms with Crippen molar-refractivity contribution in [3.05, 3.63) is 30.3 Å². The van der Waals surface area contributed by atoms with Crippen LogP contribution in [0.1, 0.15) is 5.56 Å². The second kappa shape index (κ2) is 2.58. The third-order valence-electron chi connectivity index (χ3n) is 1.98. The molecule has 0 aliphatic rings. The minimum absolute atomic E-state index is 0.558. The Morgan fingerprint density at radius 3 is 3.00 bits per heavy atom. The number of aromatic nitrogens is 3. The lowest BCUT2D eigenvalue weighted by atomic mass is 10.1. The summed E-state index contributed by atoms with van der Waals surface area (Å²) in [7, 11) is 1.85. The largest absolute Gasteiger partial charge is 0.399 e. The predicted octanol–water partition coefficient (Wildman–Crippen LogP) is 0.898. The SMILES string of the molecule is C=C(N)c1ccc2nnn(C)c2c1. The summed E-state index contributed by atoms with van der Waals surface area (Å²) in [6, 6.07) is 5.70. The fraction of sp³-hybridized carbons (Fsp3) is 0.111. The summed E-state index contributed by atoms with van der Waals surface area (Å²) in [5.41, 5.74) is 8.88. The molecule has 0 radical (unpaired) electrons. The molecular weight excluding hydrogens is 164 g/mol. The average Bonchev–Trinajstić information content (AvgIpc) is 2.47. The fourth-order valence-corrected chi connectivity index (χ4v) is 1.23. The van der Waals surface area contributed by atoms with Gasteiger partial charge >= 0.3 is 0 Å². The summed E-state index contributed by atoms with van der Waals surface area (Å²) in [5.74, 6) is 0. The molecule has 0 fully saturated rings. The molecule has 2 aromatic rings. The highest BCUT2D eigenvalue weighted by Crippen LogP contribution is 2.15. The summed E-state index contributed by atoms with van der Waals surface area (Å²) in [4.78, 5) is 0. The Hall–Kier alpha value is -1.84. The number of rotatable bonds is 1. The summed E-state index contributed by atoms with van der Waals surface area (Å²) in [6.07, 6.45) is 0. The van der Waals surface area contributed by atoms with Crippen molar-refractivity contribution in [1.82, 2.24) is 15.0 Å². The maximum atomic E-state index is 5.58. The maximum absolute atomic E-state index is 5.58. The van der Waals surface area contributed by atoms with E-state index in [-0.39, 0.29) is 0 Å². The van der Waals surface area contributed by atoms with Gasteiger partial charge in [0.1, 0.15) is 5.52 Å². The first kappa shape index (κ1) is 7.79. The van der Waals surface area contributed by atoms with Gasteiger partial charge in [-0.15, -0.1) is 5.10 Å². The van der Waals surface area contributed by atoms with E-state index in [0.717, 1.165) is 16.6 Å². The number of hydrogen-bond acceptors (Lipinski definition) is 3. The van der Waals surface area contributed by atoms with Gasteiger partial charge in [0, 0.05) is 12.7 Å². The number of benzene rings is 1. The summed E-state index contributed by atoms with van der Waals surface area (Å²) in [5, 5.41) is 7.85. The highest BCUT2D eigenvalue weighted by molar-refractivity contribution is 5.79. The first-order valence-corrected chi connectivity index (χ1v) is 3.92. The lowest BCUT2D eigenvalue weighted by Gasteiger charge is -1.99. The lowest BCUT2D eigenvalue weighted by molar-refractivity contribution is 0.736. The van der Waals surface area contributed by atoms with Gasteiger partial charge in [-0.1, -0.05) is 17.9 Å². The number of hydrogen-bond donors (Lipinski definition) is 1. The van der Waals surface area contributed by atoms with Crippen LogP contribution in [0, 0.1) is 0 Å². The fourth-order valence-electron chi connectivity index (χ4n) is 1.23. The van der Waals surface area contributed by atoms with Gasteiger partial charge in [0.05, 0.1) is 5.52 Å². The molecule has 0 aliphatic heterocycles. The minimum Gasteiger partial charge on any atom is -0.399 e. The van der Waals surface area contributed by atoms with Gasteiger partial charge in [0.2, 0.25) is 0 Å². The predicted molar refractivity (Wildman–Crippen MR) is 51.7 cm³/mol. The number of nitrogens with two attached hydrogens (primary N) is 1. The zero-order valence-electron chi connectivity index (χ0n) is 7.36. The van der Waals surface area contributed by atoms with Crippen LogP contribution in [0.4, 0.5) is 0 Å². The van der Waals surface area contributed by atoms with Gasteiger partial charge in [0.15, 0.2) is 0 Å². The van der Waals surface area contributed by atoms with Crippen molar-refractivity contribution in [2.75, 3.05) is 0 Å². The quantitative estimate of drug-likeness (QED) is 0.698. The average molecular weight is 174 g/mol. The zero-order valence-corrected chi connectivity index (χ0v) is 7.36. The van der Waals surface area contributed by atoms with Crippen LogP contribution < -0.4 is 5.73 Å². The molecule has 2 N–H and O–H groups in total. The molecule has 66 valence electrons. The summed E-state index contributed by atoms with van der Waals surface area (Å²) < 4.78 is 1.71. The van der Waals surface area contributed by atoms with Crippen molar-refractivity contribution < 1.29 is 0 Å². The number of fused-ring (bicyclic) bond motifs is 1. The van der Waals surface area contributed by atoms with Gasteiger partial charge in [0.25, 0.3) is 0 Å². The van der Waals surface area contributed by atoms with Gasteiger partial charge in [-0.05, 0) is 17.7 Å². The standard InChI is InChI=1S/C9H10N4/c1-6(10)7-3-4-8-9(5-7)13(2)12-11-8/h3-5H,1,10H2,2H3. The van der Waals surface area contributed by atoms with E-state index in [4.69, 9.17) is 5.73 Å². The molecular formula is C9H10N4. The molecule has 1 heterocycles. The lowest BCUT2D eigenvalue weighted by Crippen LogP contribution is -1.95. The molecule has 0 unspecified atom stereocenters. The molecule has 0 saturated carbocycles. The second-order valence-electron chi connectivity index (χ2n) is 2.94. The number of aryl methyl sites for hydroxylation is 1. The van der Waals surface area contributed by atoms with E-state index >= 15 is 0 Å². The molecule has 2 rings (SSSR count). The topological polar surface area (TPSA) is 56.7 Å². The van der Waals surface area contributed by atoms with Gasteiger partial charge in [-0.3, -0.25) is 0 Å². The monoisotopic (exact) mass is 174 g/mol.